The molecule has 2 aromatic carbocycles. The monoisotopic (exact) mass is 584 g/mol. The highest BCUT2D eigenvalue weighted by Gasteiger charge is 2.17. The van der Waals surface area contributed by atoms with E-state index in [-0.39, 0.29) is 11.3 Å². The van der Waals surface area contributed by atoms with Crippen LogP contribution in [0.5, 0.6) is 11.5 Å². The van der Waals surface area contributed by atoms with Gasteiger partial charge in [0, 0.05) is 23.2 Å². The van der Waals surface area contributed by atoms with E-state index < -0.39 is 12.9 Å². The Morgan fingerprint density at radius 1 is 0.711 bits per heavy atom. The second-order valence-electron chi connectivity index (χ2n) is 6.95. The Labute approximate surface area is 233 Å². The maximum absolute atomic E-state index is 13.2. The molecule has 8 nitrogen and oxygen atoms in total. The summed E-state index contributed by atoms with van der Waals surface area (Å²) in [5, 5.41) is 18.8. The van der Waals surface area contributed by atoms with Crippen LogP contribution in [-0.4, -0.2) is 50.3 Å². The standard InChI is InChI=1S/C12H10ClFN2O.C8H10BFO3.C4H2Cl2N2/c1-2-17-11-4-3-8(14)5-9(11)10-6-12(13)16-7-15-10;1-2-13-8-4-3-6(10)5-7(8)9(11)12;5-3-1-4(6)8-2-7-3/h3-7H,2H2,1H3;3-5,11-12H,2H2,1H3;1-2H. The third kappa shape index (κ3) is 10.3. The lowest BCUT2D eigenvalue weighted by molar-refractivity contribution is 0.339. The molecule has 2 N–H and O–H groups in total. The molecule has 0 saturated carbocycles. The molecule has 0 atom stereocenters. The first-order valence-electron chi connectivity index (χ1n) is 11.0. The van der Waals surface area contributed by atoms with Crippen molar-refractivity contribution in [3.05, 3.63) is 88.3 Å². The van der Waals surface area contributed by atoms with Crippen LogP contribution in [0, 0.1) is 11.6 Å². The van der Waals surface area contributed by atoms with E-state index in [4.69, 9.17) is 54.3 Å². The molecule has 4 rings (SSSR count). The highest BCUT2D eigenvalue weighted by atomic mass is 35.5. The van der Waals surface area contributed by atoms with Gasteiger partial charge in [0.1, 0.15) is 51.2 Å². The summed E-state index contributed by atoms with van der Waals surface area (Å²) in [5.74, 6) is -0.00712. The van der Waals surface area contributed by atoms with Crippen molar-refractivity contribution < 1.29 is 28.3 Å². The minimum absolute atomic E-state index is 0.0434. The van der Waals surface area contributed by atoms with Crippen LogP contribution in [0.15, 0.2) is 61.2 Å². The molecule has 0 aliphatic heterocycles. The van der Waals surface area contributed by atoms with Crippen LogP contribution < -0.4 is 14.9 Å². The van der Waals surface area contributed by atoms with Crippen molar-refractivity contribution in [2.45, 2.75) is 13.8 Å². The van der Waals surface area contributed by atoms with Crippen LogP contribution in [0.2, 0.25) is 15.5 Å². The van der Waals surface area contributed by atoms with Gasteiger partial charge in [0.05, 0.1) is 18.9 Å². The van der Waals surface area contributed by atoms with Gasteiger partial charge in [-0.3, -0.25) is 0 Å². The summed E-state index contributed by atoms with van der Waals surface area (Å²) in [7, 11) is -1.71. The molecule has 0 saturated heterocycles. The molecule has 0 unspecified atom stereocenters. The molecule has 14 heteroatoms. The minimum atomic E-state index is -1.71. The number of nitrogens with zero attached hydrogens (tertiary/aromatic N) is 4. The fourth-order valence-corrected chi connectivity index (χ4v) is 3.28. The van der Waals surface area contributed by atoms with Crippen LogP contribution in [0.4, 0.5) is 8.78 Å². The van der Waals surface area contributed by atoms with E-state index >= 15 is 0 Å². The third-order valence-electron chi connectivity index (χ3n) is 4.30. The number of rotatable bonds is 6. The van der Waals surface area contributed by atoms with Crippen molar-refractivity contribution in [2.75, 3.05) is 13.2 Å². The lowest BCUT2D eigenvalue weighted by Gasteiger charge is -2.09. The summed E-state index contributed by atoms with van der Waals surface area (Å²) in [6.45, 7) is 4.51. The van der Waals surface area contributed by atoms with Gasteiger partial charge in [0.15, 0.2) is 0 Å². The first-order chi connectivity index (χ1) is 18.1. The third-order valence-corrected chi connectivity index (χ3v) is 4.92. The van der Waals surface area contributed by atoms with Crippen LogP contribution in [0.1, 0.15) is 13.8 Å². The molecule has 2 heterocycles. The highest BCUT2D eigenvalue weighted by molar-refractivity contribution is 6.59. The fourth-order valence-electron chi connectivity index (χ4n) is 2.78. The summed E-state index contributed by atoms with van der Waals surface area (Å²) in [4.78, 5) is 15.1. The SMILES string of the molecule is CCOc1ccc(F)cc1-c1cc(Cl)ncn1.CCOc1ccc(F)cc1B(O)O.Clc1cc(Cl)ncn1. The second kappa shape index (κ2) is 16.0. The number of ether oxygens (including phenoxy) is 2. The molecule has 200 valence electrons. The van der Waals surface area contributed by atoms with Crippen LogP contribution in [0.3, 0.4) is 0 Å². The molecule has 2 aromatic heterocycles. The Bertz CT molecular complexity index is 1310. The maximum atomic E-state index is 13.2. The van der Waals surface area contributed by atoms with Crippen molar-refractivity contribution in [2.24, 2.45) is 0 Å². The van der Waals surface area contributed by atoms with E-state index in [0.717, 1.165) is 6.07 Å². The summed E-state index contributed by atoms with van der Waals surface area (Å²) >= 11 is 16.6. The lowest BCUT2D eigenvalue weighted by atomic mass is 9.79. The minimum Gasteiger partial charge on any atom is -0.494 e. The van der Waals surface area contributed by atoms with Crippen molar-refractivity contribution in [3.8, 4) is 22.8 Å². The van der Waals surface area contributed by atoms with Gasteiger partial charge in [-0.2, -0.15) is 0 Å². The number of aromatic nitrogens is 4. The maximum Gasteiger partial charge on any atom is 0.492 e. The molecule has 0 aliphatic rings. The first kappa shape index (κ1) is 31.1. The number of benzene rings is 2. The normalized spacial score (nSPS) is 9.92. The van der Waals surface area contributed by atoms with Gasteiger partial charge in [-0.1, -0.05) is 34.8 Å². The number of hydrogen-bond acceptors (Lipinski definition) is 8. The van der Waals surface area contributed by atoms with Crippen LogP contribution in [-0.2, 0) is 0 Å². The fraction of sp³-hybridized carbons (Fsp3) is 0.167. The number of hydrogen-bond donors (Lipinski definition) is 2. The quantitative estimate of drug-likeness (QED) is 0.240. The van der Waals surface area contributed by atoms with Gasteiger partial charge in [0.25, 0.3) is 0 Å². The second-order valence-corrected chi connectivity index (χ2v) is 8.11. The van der Waals surface area contributed by atoms with Gasteiger partial charge >= 0.3 is 7.12 Å². The van der Waals surface area contributed by atoms with Gasteiger partial charge < -0.3 is 19.5 Å². The molecule has 0 amide bonds. The van der Waals surface area contributed by atoms with E-state index in [0.29, 0.717) is 51.4 Å². The average molecular weight is 586 g/mol. The smallest absolute Gasteiger partial charge is 0.492 e. The number of halogens is 5. The summed E-state index contributed by atoms with van der Waals surface area (Å²) in [6.07, 6.45) is 2.64. The lowest BCUT2D eigenvalue weighted by Crippen LogP contribution is -2.31. The van der Waals surface area contributed by atoms with Gasteiger partial charge in [-0.15, -0.1) is 0 Å². The molecule has 4 aromatic rings. The van der Waals surface area contributed by atoms with Gasteiger partial charge in [-0.25, -0.2) is 28.7 Å². The Balaban J connectivity index is 0.000000214. The zero-order valence-corrected chi connectivity index (χ0v) is 22.4. The Kier molecular flexibility index (Phi) is 13.1. The molecule has 0 aliphatic carbocycles. The van der Waals surface area contributed by atoms with Crippen LogP contribution in [0.25, 0.3) is 11.3 Å². The van der Waals surface area contributed by atoms with Gasteiger partial charge in [-0.05, 0) is 50.2 Å². The average Bonchev–Trinajstić information content (AvgIpc) is 2.87. The molecule has 38 heavy (non-hydrogen) atoms. The van der Waals surface area contributed by atoms with E-state index in [1.807, 2.05) is 6.92 Å². The summed E-state index contributed by atoms with van der Waals surface area (Å²) < 4.78 is 36.4. The predicted octanol–water partition coefficient (Wildman–Crippen LogP) is 5.02. The summed E-state index contributed by atoms with van der Waals surface area (Å²) in [6, 6.07) is 10.9. The van der Waals surface area contributed by atoms with E-state index in [9.17, 15) is 8.78 Å². The zero-order chi connectivity index (χ0) is 28.1. The largest absolute Gasteiger partial charge is 0.494 e. The Morgan fingerprint density at radius 2 is 1.21 bits per heavy atom. The summed E-state index contributed by atoms with van der Waals surface area (Å²) in [5.41, 5.74) is 1.14. The first-order valence-corrected chi connectivity index (χ1v) is 12.1. The molecular weight excluding hydrogens is 563 g/mol. The van der Waals surface area contributed by atoms with Crippen LogP contribution >= 0.6 is 34.8 Å². The molecule has 0 radical (unpaired) electrons. The molecular formula is C24H22BCl3F2N4O4. The van der Waals surface area contributed by atoms with E-state index in [2.05, 4.69) is 19.9 Å². The zero-order valence-electron chi connectivity index (χ0n) is 20.2. The molecule has 0 spiro atoms. The topological polar surface area (TPSA) is 110 Å². The Hall–Kier alpha value is -3.09. The van der Waals surface area contributed by atoms with E-state index in [1.165, 1.54) is 43.0 Å². The van der Waals surface area contributed by atoms with Crippen molar-refractivity contribution in [1.82, 2.24) is 19.9 Å². The molecule has 0 bridgehead atoms. The predicted molar refractivity (Wildman–Crippen MR) is 143 cm³/mol. The van der Waals surface area contributed by atoms with Crippen molar-refractivity contribution >= 4 is 47.4 Å². The van der Waals surface area contributed by atoms with E-state index in [1.54, 1.807) is 19.1 Å². The Morgan fingerprint density at radius 3 is 1.71 bits per heavy atom. The van der Waals surface area contributed by atoms with Crippen molar-refractivity contribution in [1.29, 1.82) is 0 Å². The van der Waals surface area contributed by atoms with Crippen molar-refractivity contribution in [3.63, 3.8) is 0 Å². The van der Waals surface area contributed by atoms with Gasteiger partial charge in [0.2, 0.25) is 0 Å². The highest BCUT2D eigenvalue weighted by Crippen LogP contribution is 2.30. The molecule has 0 fully saturated rings.